The molecule has 0 bridgehead atoms. The molecule has 0 saturated carbocycles. The molecule has 0 spiro atoms. The molecule has 1 aliphatic rings. The fraction of sp³-hybridized carbons (Fsp3) is 0.462. The Balaban J connectivity index is 0.00000162. The third-order valence-electron chi connectivity index (χ3n) is 2.90. The van der Waals surface area contributed by atoms with Gasteiger partial charge in [0.15, 0.2) is 0 Å². The van der Waals surface area contributed by atoms with Gasteiger partial charge in [0.05, 0.1) is 12.6 Å². The van der Waals surface area contributed by atoms with Crippen molar-refractivity contribution in [3.8, 4) is 5.75 Å². The molecule has 0 saturated heterocycles. The van der Waals surface area contributed by atoms with E-state index >= 15 is 0 Å². The first kappa shape index (κ1) is 14.8. The molecule has 1 unspecified atom stereocenters. The van der Waals surface area contributed by atoms with E-state index in [1.807, 2.05) is 24.3 Å². The average molecular weight is 271 g/mol. The van der Waals surface area contributed by atoms with Gasteiger partial charge in [-0.2, -0.15) is 0 Å². The summed E-state index contributed by atoms with van der Waals surface area (Å²) in [7, 11) is 0. The second-order valence-electron chi connectivity index (χ2n) is 4.19. The molecule has 1 amide bonds. The number of carbonyl (C=O) groups excluding carboxylic acids is 1. The number of halogens is 1. The van der Waals surface area contributed by atoms with Crippen molar-refractivity contribution in [2.24, 2.45) is 5.73 Å². The summed E-state index contributed by atoms with van der Waals surface area (Å²) in [5.41, 5.74) is 6.46. The Bertz CT molecular complexity index is 398. The topological polar surface area (TPSA) is 64.4 Å². The zero-order valence-corrected chi connectivity index (χ0v) is 11.0. The van der Waals surface area contributed by atoms with Crippen LogP contribution in [0.3, 0.4) is 0 Å². The predicted octanol–water partition coefficient (Wildman–Crippen LogP) is 1.79. The molecule has 0 aromatic heterocycles. The van der Waals surface area contributed by atoms with Gasteiger partial charge in [-0.3, -0.25) is 4.79 Å². The highest BCUT2D eigenvalue weighted by molar-refractivity contribution is 5.85. The number of carbonyl (C=O) groups is 1. The summed E-state index contributed by atoms with van der Waals surface area (Å²) < 4.78 is 5.55. The van der Waals surface area contributed by atoms with Crippen LogP contribution < -0.4 is 15.8 Å². The van der Waals surface area contributed by atoms with Gasteiger partial charge in [0.25, 0.3) is 0 Å². The first-order chi connectivity index (χ1) is 8.31. The van der Waals surface area contributed by atoms with E-state index in [1.165, 1.54) is 0 Å². The number of benzene rings is 1. The lowest BCUT2D eigenvalue weighted by atomic mass is 10.0. The molecule has 1 heterocycles. The molecule has 1 atom stereocenters. The van der Waals surface area contributed by atoms with Gasteiger partial charge in [-0.05, 0) is 19.0 Å². The van der Waals surface area contributed by atoms with E-state index in [-0.39, 0.29) is 24.4 Å². The van der Waals surface area contributed by atoms with E-state index in [4.69, 9.17) is 10.5 Å². The van der Waals surface area contributed by atoms with Crippen LogP contribution in [0.25, 0.3) is 0 Å². The highest BCUT2D eigenvalue weighted by Gasteiger charge is 2.22. The van der Waals surface area contributed by atoms with E-state index in [0.29, 0.717) is 19.6 Å². The monoisotopic (exact) mass is 270 g/mol. The van der Waals surface area contributed by atoms with Gasteiger partial charge in [-0.1, -0.05) is 18.2 Å². The van der Waals surface area contributed by atoms with Crippen LogP contribution in [-0.2, 0) is 4.79 Å². The molecule has 2 rings (SSSR count). The second kappa shape index (κ2) is 7.24. The van der Waals surface area contributed by atoms with Gasteiger partial charge in [0, 0.05) is 18.4 Å². The lowest BCUT2D eigenvalue weighted by Crippen LogP contribution is -2.32. The molecular weight excluding hydrogens is 252 g/mol. The molecule has 3 N–H and O–H groups in total. The molecule has 0 radical (unpaired) electrons. The fourth-order valence-electron chi connectivity index (χ4n) is 2.02. The Morgan fingerprint density at radius 2 is 2.22 bits per heavy atom. The quantitative estimate of drug-likeness (QED) is 0.877. The van der Waals surface area contributed by atoms with E-state index in [1.54, 1.807) is 0 Å². The van der Waals surface area contributed by atoms with Gasteiger partial charge in [0.1, 0.15) is 5.75 Å². The van der Waals surface area contributed by atoms with Crippen LogP contribution >= 0.6 is 12.4 Å². The van der Waals surface area contributed by atoms with E-state index in [0.717, 1.165) is 24.2 Å². The minimum Gasteiger partial charge on any atom is -0.493 e. The van der Waals surface area contributed by atoms with Crippen molar-refractivity contribution in [1.82, 2.24) is 5.32 Å². The summed E-state index contributed by atoms with van der Waals surface area (Å²) in [5.74, 6) is 0.944. The number of nitrogens with two attached hydrogens (primary N) is 1. The first-order valence-corrected chi connectivity index (χ1v) is 6.02. The molecule has 100 valence electrons. The summed E-state index contributed by atoms with van der Waals surface area (Å²) in [4.78, 5) is 11.7. The van der Waals surface area contributed by atoms with Crippen LogP contribution in [-0.4, -0.2) is 19.1 Å². The maximum atomic E-state index is 11.7. The Labute approximate surface area is 113 Å². The summed E-state index contributed by atoms with van der Waals surface area (Å²) in [6, 6.07) is 7.92. The molecule has 0 aliphatic carbocycles. The number of fused-ring (bicyclic) bond motifs is 1. The number of amides is 1. The Kier molecular flexibility index (Phi) is 5.95. The van der Waals surface area contributed by atoms with Gasteiger partial charge in [-0.25, -0.2) is 0 Å². The third kappa shape index (κ3) is 3.62. The normalized spacial score (nSPS) is 17.1. The molecular formula is C13H19ClN2O2. The van der Waals surface area contributed by atoms with Gasteiger partial charge in [0.2, 0.25) is 5.91 Å². The summed E-state index contributed by atoms with van der Waals surface area (Å²) in [6.45, 7) is 1.20. The number of hydrogen-bond acceptors (Lipinski definition) is 3. The van der Waals surface area contributed by atoms with E-state index < -0.39 is 0 Å². The molecule has 4 nitrogen and oxygen atoms in total. The number of rotatable bonds is 4. The average Bonchev–Trinajstić information content (AvgIpc) is 2.37. The highest BCUT2D eigenvalue weighted by Crippen LogP contribution is 2.31. The van der Waals surface area contributed by atoms with Gasteiger partial charge in [-0.15, -0.1) is 12.4 Å². The predicted molar refractivity (Wildman–Crippen MR) is 73.0 cm³/mol. The first-order valence-electron chi connectivity index (χ1n) is 6.02. The highest BCUT2D eigenvalue weighted by atomic mass is 35.5. The van der Waals surface area contributed by atoms with Crippen LogP contribution in [0.2, 0.25) is 0 Å². The summed E-state index contributed by atoms with van der Waals surface area (Å²) >= 11 is 0. The van der Waals surface area contributed by atoms with Crippen molar-refractivity contribution < 1.29 is 9.53 Å². The van der Waals surface area contributed by atoms with Crippen molar-refractivity contribution >= 4 is 18.3 Å². The Morgan fingerprint density at radius 1 is 1.44 bits per heavy atom. The van der Waals surface area contributed by atoms with E-state index in [9.17, 15) is 4.79 Å². The van der Waals surface area contributed by atoms with Gasteiger partial charge >= 0.3 is 0 Å². The zero-order valence-electron chi connectivity index (χ0n) is 10.2. The van der Waals surface area contributed by atoms with Crippen molar-refractivity contribution in [2.45, 2.75) is 25.3 Å². The number of ether oxygens (including phenoxy) is 1. The Hall–Kier alpha value is -1.26. The molecule has 18 heavy (non-hydrogen) atoms. The maximum Gasteiger partial charge on any atom is 0.220 e. The number of para-hydroxylation sites is 1. The summed E-state index contributed by atoms with van der Waals surface area (Å²) in [6.07, 6.45) is 2.05. The van der Waals surface area contributed by atoms with Gasteiger partial charge < -0.3 is 15.8 Å². The van der Waals surface area contributed by atoms with E-state index in [2.05, 4.69) is 5.32 Å². The third-order valence-corrected chi connectivity index (χ3v) is 2.90. The van der Waals surface area contributed by atoms with Crippen molar-refractivity contribution in [3.05, 3.63) is 29.8 Å². The molecule has 1 aromatic carbocycles. The SMILES string of the molecule is Cl.NCCCC(=O)NC1CCOc2ccccc21. The number of nitrogens with one attached hydrogen (secondary N) is 1. The maximum absolute atomic E-state index is 11.7. The van der Waals surface area contributed by atoms with Crippen LogP contribution in [0.1, 0.15) is 30.9 Å². The standard InChI is InChI=1S/C13H18N2O2.ClH/c14-8-3-6-13(16)15-11-7-9-17-12-5-2-1-4-10(11)12;/h1-2,4-5,11H,3,6-9,14H2,(H,15,16);1H. The zero-order chi connectivity index (χ0) is 12.1. The minimum absolute atomic E-state index is 0. The lowest BCUT2D eigenvalue weighted by Gasteiger charge is -2.26. The smallest absolute Gasteiger partial charge is 0.220 e. The van der Waals surface area contributed by atoms with Crippen molar-refractivity contribution in [1.29, 1.82) is 0 Å². The molecule has 1 aromatic rings. The van der Waals surface area contributed by atoms with Crippen molar-refractivity contribution in [3.63, 3.8) is 0 Å². The van der Waals surface area contributed by atoms with Crippen LogP contribution in [0.5, 0.6) is 5.75 Å². The Morgan fingerprint density at radius 3 is 3.00 bits per heavy atom. The minimum atomic E-state index is 0. The molecule has 1 aliphatic heterocycles. The van der Waals surface area contributed by atoms with Crippen molar-refractivity contribution in [2.75, 3.05) is 13.2 Å². The molecule has 0 fully saturated rings. The summed E-state index contributed by atoms with van der Waals surface area (Å²) in [5, 5.41) is 3.04. The van der Waals surface area contributed by atoms with Crippen LogP contribution in [0.4, 0.5) is 0 Å². The van der Waals surface area contributed by atoms with Crippen LogP contribution in [0.15, 0.2) is 24.3 Å². The molecule has 5 heteroatoms. The van der Waals surface area contributed by atoms with Crippen LogP contribution in [0, 0.1) is 0 Å². The number of hydrogen-bond donors (Lipinski definition) is 2. The fourth-order valence-corrected chi connectivity index (χ4v) is 2.02. The largest absolute Gasteiger partial charge is 0.493 e. The lowest BCUT2D eigenvalue weighted by molar-refractivity contribution is -0.122. The second-order valence-corrected chi connectivity index (χ2v) is 4.19.